The highest BCUT2D eigenvalue weighted by atomic mass is 35.5. The Labute approximate surface area is 113 Å². The van der Waals surface area contributed by atoms with Gasteiger partial charge in [0.2, 0.25) is 0 Å². The van der Waals surface area contributed by atoms with Crippen LogP contribution in [0, 0.1) is 5.92 Å². The molecule has 0 saturated heterocycles. The van der Waals surface area contributed by atoms with Gasteiger partial charge in [-0.25, -0.2) is 0 Å². The van der Waals surface area contributed by atoms with E-state index in [9.17, 15) is 0 Å². The number of nitrogens with two attached hydrogens (primary N) is 1. The summed E-state index contributed by atoms with van der Waals surface area (Å²) in [4.78, 5) is 0. The standard InChI is InChI=1S/C14H19ClN2O/c15-13-10-12(11-4-7-17-8-5-11)2-3-14(13)18-9-1-6-16/h2-5,7,12,17H,1,6,8-10,16H2/t12-/m1/s1. The van der Waals surface area contributed by atoms with Gasteiger partial charge in [0.25, 0.3) is 0 Å². The van der Waals surface area contributed by atoms with Gasteiger partial charge in [-0.1, -0.05) is 23.8 Å². The Hall–Kier alpha value is -1.19. The van der Waals surface area contributed by atoms with Gasteiger partial charge >= 0.3 is 0 Å². The molecule has 0 aromatic rings. The predicted molar refractivity (Wildman–Crippen MR) is 75.0 cm³/mol. The van der Waals surface area contributed by atoms with Crippen LogP contribution >= 0.6 is 11.6 Å². The third kappa shape index (κ3) is 3.40. The van der Waals surface area contributed by atoms with E-state index in [4.69, 9.17) is 22.1 Å². The van der Waals surface area contributed by atoms with Gasteiger partial charge in [0.05, 0.1) is 11.6 Å². The average molecular weight is 267 g/mol. The SMILES string of the molecule is NCCCOC1=C(Cl)C[C@H](C2=CCNC=C2)C=C1. The Balaban J connectivity index is 1.93. The summed E-state index contributed by atoms with van der Waals surface area (Å²) in [5.41, 5.74) is 6.74. The van der Waals surface area contributed by atoms with Crippen LogP contribution in [-0.4, -0.2) is 19.7 Å². The van der Waals surface area contributed by atoms with Crippen LogP contribution in [-0.2, 0) is 4.74 Å². The molecule has 0 aromatic heterocycles. The van der Waals surface area contributed by atoms with Crippen molar-refractivity contribution in [2.45, 2.75) is 12.8 Å². The van der Waals surface area contributed by atoms with Crippen molar-refractivity contribution in [2.75, 3.05) is 19.7 Å². The van der Waals surface area contributed by atoms with Crippen molar-refractivity contribution in [1.82, 2.24) is 5.32 Å². The van der Waals surface area contributed by atoms with E-state index >= 15 is 0 Å². The zero-order chi connectivity index (χ0) is 12.8. The molecule has 4 heteroatoms. The summed E-state index contributed by atoms with van der Waals surface area (Å²) in [5.74, 6) is 1.15. The molecule has 0 fully saturated rings. The van der Waals surface area contributed by atoms with Crippen LogP contribution in [0.1, 0.15) is 12.8 Å². The maximum absolute atomic E-state index is 6.28. The van der Waals surface area contributed by atoms with Gasteiger partial charge in [0, 0.05) is 12.5 Å². The fourth-order valence-electron chi connectivity index (χ4n) is 2.02. The van der Waals surface area contributed by atoms with Crippen LogP contribution in [0.25, 0.3) is 0 Å². The highest BCUT2D eigenvalue weighted by Gasteiger charge is 2.18. The van der Waals surface area contributed by atoms with Gasteiger partial charge in [-0.3, -0.25) is 0 Å². The van der Waals surface area contributed by atoms with Crippen LogP contribution in [0.5, 0.6) is 0 Å². The summed E-state index contributed by atoms with van der Waals surface area (Å²) < 4.78 is 5.60. The molecule has 1 heterocycles. The van der Waals surface area contributed by atoms with Crippen LogP contribution in [0.2, 0.25) is 0 Å². The normalized spacial score (nSPS) is 22.8. The predicted octanol–water partition coefficient (Wildman–Crippen LogP) is 2.42. The van der Waals surface area contributed by atoms with Gasteiger partial charge in [-0.15, -0.1) is 0 Å². The van der Waals surface area contributed by atoms with Crippen LogP contribution in [0.3, 0.4) is 0 Å². The monoisotopic (exact) mass is 266 g/mol. The lowest BCUT2D eigenvalue weighted by molar-refractivity contribution is 0.218. The summed E-state index contributed by atoms with van der Waals surface area (Å²) >= 11 is 6.28. The first kappa shape index (κ1) is 13.2. The molecule has 2 rings (SSSR count). The Kier molecular flexibility index (Phi) is 4.90. The lowest BCUT2D eigenvalue weighted by Crippen LogP contribution is -2.14. The minimum atomic E-state index is 0.359. The topological polar surface area (TPSA) is 47.3 Å². The molecule has 1 aliphatic carbocycles. The Morgan fingerprint density at radius 2 is 2.33 bits per heavy atom. The molecule has 0 saturated carbocycles. The van der Waals surface area contributed by atoms with Gasteiger partial charge in [0.15, 0.2) is 0 Å². The number of rotatable bonds is 5. The molecule has 0 unspecified atom stereocenters. The van der Waals surface area contributed by atoms with E-state index < -0.39 is 0 Å². The summed E-state index contributed by atoms with van der Waals surface area (Å²) in [6.07, 6.45) is 12.1. The second-order valence-corrected chi connectivity index (χ2v) is 4.83. The minimum Gasteiger partial charge on any atom is -0.492 e. The minimum absolute atomic E-state index is 0.359. The van der Waals surface area contributed by atoms with Gasteiger partial charge in [0.1, 0.15) is 5.76 Å². The van der Waals surface area contributed by atoms with Crippen molar-refractivity contribution in [3.05, 3.63) is 46.9 Å². The average Bonchev–Trinajstić information content (AvgIpc) is 2.42. The molecule has 18 heavy (non-hydrogen) atoms. The van der Waals surface area contributed by atoms with E-state index in [2.05, 4.69) is 23.5 Å². The number of allylic oxidation sites excluding steroid dienone is 5. The second-order valence-electron chi connectivity index (χ2n) is 4.38. The van der Waals surface area contributed by atoms with Crippen molar-refractivity contribution in [2.24, 2.45) is 11.7 Å². The quantitative estimate of drug-likeness (QED) is 0.752. The first-order valence-corrected chi connectivity index (χ1v) is 6.68. The summed E-state index contributed by atoms with van der Waals surface area (Å²) in [6.45, 7) is 2.16. The molecule has 1 aliphatic heterocycles. The number of halogens is 1. The molecule has 0 radical (unpaired) electrons. The maximum Gasteiger partial charge on any atom is 0.133 e. The molecular formula is C14H19ClN2O. The lowest BCUT2D eigenvalue weighted by Gasteiger charge is -2.22. The third-order valence-corrected chi connectivity index (χ3v) is 3.37. The highest BCUT2D eigenvalue weighted by molar-refractivity contribution is 6.30. The molecule has 3 nitrogen and oxygen atoms in total. The van der Waals surface area contributed by atoms with Crippen molar-refractivity contribution in [3.8, 4) is 0 Å². The molecule has 1 atom stereocenters. The van der Waals surface area contributed by atoms with E-state index in [1.807, 2.05) is 12.3 Å². The summed E-state index contributed by atoms with van der Waals surface area (Å²) in [7, 11) is 0. The fourth-order valence-corrected chi connectivity index (χ4v) is 2.30. The Morgan fingerprint density at radius 1 is 1.44 bits per heavy atom. The van der Waals surface area contributed by atoms with Crippen LogP contribution < -0.4 is 11.1 Å². The van der Waals surface area contributed by atoms with E-state index in [1.165, 1.54) is 5.57 Å². The van der Waals surface area contributed by atoms with E-state index in [1.54, 1.807) is 0 Å². The zero-order valence-electron chi connectivity index (χ0n) is 10.4. The van der Waals surface area contributed by atoms with E-state index in [0.29, 0.717) is 19.1 Å². The number of dihydropyridines is 1. The molecule has 0 spiro atoms. The van der Waals surface area contributed by atoms with Crippen molar-refractivity contribution >= 4 is 11.6 Å². The first-order chi connectivity index (χ1) is 8.81. The van der Waals surface area contributed by atoms with Crippen molar-refractivity contribution < 1.29 is 4.74 Å². The van der Waals surface area contributed by atoms with Crippen molar-refractivity contribution in [3.63, 3.8) is 0 Å². The largest absolute Gasteiger partial charge is 0.492 e. The first-order valence-electron chi connectivity index (χ1n) is 6.31. The summed E-state index contributed by atoms with van der Waals surface area (Å²) in [6, 6.07) is 0. The smallest absolute Gasteiger partial charge is 0.133 e. The molecule has 0 amide bonds. The number of hydrogen-bond donors (Lipinski definition) is 2. The van der Waals surface area contributed by atoms with Gasteiger partial charge < -0.3 is 15.8 Å². The van der Waals surface area contributed by atoms with Crippen molar-refractivity contribution in [1.29, 1.82) is 0 Å². The molecule has 3 N–H and O–H groups in total. The van der Waals surface area contributed by atoms with Crippen LogP contribution in [0.15, 0.2) is 46.9 Å². The molecular weight excluding hydrogens is 248 g/mol. The summed E-state index contributed by atoms with van der Waals surface area (Å²) in [5, 5.41) is 3.94. The zero-order valence-corrected chi connectivity index (χ0v) is 11.1. The number of hydrogen-bond acceptors (Lipinski definition) is 3. The van der Waals surface area contributed by atoms with Gasteiger partial charge in [-0.2, -0.15) is 0 Å². The Morgan fingerprint density at radius 3 is 3.00 bits per heavy atom. The van der Waals surface area contributed by atoms with E-state index in [-0.39, 0.29) is 0 Å². The van der Waals surface area contributed by atoms with Crippen LogP contribution in [0.4, 0.5) is 0 Å². The lowest BCUT2D eigenvalue weighted by atomic mass is 9.90. The Bertz CT molecular complexity index is 410. The number of ether oxygens (including phenoxy) is 1. The maximum atomic E-state index is 6.28. The molecule has 98 valence electrons. The second kappa shape index (κ2) is 6.66. The third-order valence-electron chi connectivity index (χ3n) is 3.03. The molecule has 0 bridgehead atoms. The molecule has 2 aliphatic rings. The molecule has 0 aromatic carbocycles. The van der Waals surface area contributed by atoms with Gasteiger partial charge in [-0.05, 0) is 43.3 Å². The van der Waals surface area contributed by atoms with E-state index in [0.717, 1.165) is 30.2 Å². The highest BCUT2D eigenvalue weighted by Crippen LogP contribution is 2.32. The number of nitrogens with one attached hydrogen (secondary N) is 1. The fraction of sp³-hybridized carbons (Fsp3) is 0.429.